The fraction of sp³-hybridized carbons (Fsp3) is 0.455. The van der Waals surface area contributed by atoms with Crippen LogP contribution < -0.4 is 10.1 Å². The summed E-state index contributed by atoms with van der Waals surface area (Å²) in [7, 11) is 1.49. The van der Waals surface area contributed by atoms with E-state index in [9.17, 15) is 14.7 Å². The third-order valence-corrected chi connectivity index (χ3v) is 4.86. The molecule has 1 saturated heterocycles. The number of ketones is 1. The first-order valence-corrected chi connectivity index (χ1v) is 9.64. The van der Waals surface area contributed by atoms with E-state index in [1.54, 1.807) is 38.1 Å². The van der Waals surface area contributed by atoms with Crippen LogP contribution in [0.5, 0.6) is 11.5 Å². The number of phenols is 1. The Labute approximate surface area is 170 Å². The lowest BCUT2D eigenvalue weighted by Gasteiger charge is -2.17. The van der Waals surface area contributed by atoms with Crippen molar-refractivity contribution in [1.82, 2.24) is 5.32 Å². The van der Waals surface area contributed by atoms with Gasteiger partial charge in [-0.15, -0.1) is 0 Å². The molecule has 0 saturated carbocycles. The zero-order valence-corrected chi connectivity index (χ0v) is 17.1. The minimum atomic E-state index is -0.856. The van der Waals surface area contributed by atoms with Crippen LogP contribution in [0.1, 0.15) is 49.5 Å². The van der Waals surface area contributed by atoms with Crippen molar-refractivity contribution in [3.05, 3.63) is 41.5 Å². The van der Waals surface area contributed by atoms with Crippen LogP contribution in [-0.2, 0) is 14.3 Å². The van der Waals surface area contributed by atoms with Gasteiger partial charge < -0.3 is 24.6 Å². The highest BCUT2D eigenvalue weighted by Crippen LogP contribution is 2.32. The zero-order valence-electron chi connectivity index (χ0n) is 17.1. The Morgan fingerprint density at radius 2 is 1.86 bits per heavy atom. The Bertz CT molecular complexity index is 857. The predicted octanol–water partition coefficient (Wildman–Crippen LogP) is 2.97. The van der Waals surface area contributed by atoms with Crippen LogP contribution in [0, 0.1) is 0 Å². The molecular formula is C22H27NO6. The van der Waals surface area contributed by atoms with Crippen molar-refractivity contribution in [3.8, 4) is 11.5 Å². The molecule has 1 amide bonds. The van der Waals surface area contributed by atoms with Crippen LogP contribution in [0.15, 0.2) is 30.4 Å². The van der Waals surface area contributed by atoms with Gasteiger partial charge in [-0.1, -0.05) is 18.2 Å². The lowest BCUT2D eigenvalue weighted by molar-refractivity contribution is -0.152. The summed E-state index contributed by atoms with van der Waals surface area (Å²) in [6, 6.07) is 2.85. The van der Waals surface area contributed by atoms with Crippen LogP contribution in [0.3, 0.4) is 0 Å². The van der Waals surface area contributed by atoms with Gasteiger partial charge in [-0.2, -0.15) is 0 Å². The number of hydrogen-bond donors (Lipinski definition) is 2. The quantitative estimate of drug-likeness (QED) is 0.751. The lowest BCUT2D eigenvalue weighted by atomic mass is 10.0. The van der Waals surface area contributed by atoms with E-state index in [0.29, 0.717) is 24.2 Å². The molecule has 156 valence electrons. The number of methoxy groups -OCH3 is 1. The molecule has 2 aliphatic rings. The van der Waals surface area contributed by atoms with Gasteiger partial charge in [-0.05, 0) is 51.3 Å². The van der Waals surface area contributed by atoms with Gasteiger partial charge in [0.05, 0.1) is 18.8 Å². The average Bonchev–Trinajstić information content (AvgIpc) is 2.95. The first-order chi connectivity index (χ1) is 13.7. The first-order valence-electron chi connectivity index (χ1n) is 9.64. The molecule has 1 fully saturated rings. The van der Waals surface area contributed by atoms with Crippen molar-refractivity contribution < 1.29 is 28.9 Å². The van der Waals surface area contributed by atoms with Gasteiger partial charge in [0.2, 0.25) is 0 Å². The second-order valence-corrected chi connectivity index (χ2v) is 7.76. The molecule has 0 radical (unpaired) electrons. The second kappa shape index (κ2) is 8.39. The second-order valence-electron chi connectivity index (χ2n) is 7.76. The molecule has 2 heterocycles. The van der Waals surface area contributed by atoms with Gasteiger partial charge in [-0.25, -0.2) is 0 Å². The van der Waals surface area contributed by atoms with E-state index in [0.717, 1.165) is 0 Å². The fourth-order valence-electron chi connectivity index (χ4n) is 3.53. The normalized spacial score (nSPS) is 29.2. The Morgan fingerprint density at radius 3 is 2.59 bits per heavy atom. The number of rotatable bonds is 1. The molecule has 7 heteroatoms. The molecule has 3 rings (SSSR count). The number of carbonyl (C=O) groups is 2. The zero-order chi connectivity index (χ0) is 21.2. The van der Waals surface area contributed by atoms with Crippen LogP contribution in [0.4, 0.5) is 0 Å². The highest BCUT2D eigenvalue weighted by molar-refractivity contribution is 6.01. The molecular weight excluding hydrogens is 374 g/mol. The van der Waals surface area contributed by atoms with E-state index in [1.807, 2.05) is 6.92 Å². The third kappa shape index (κ3) is 4.86. The number of amides is 1. The molecule has 3 atom stereocenters. The summed E-state index contributed by atoms with van der Waals surface area (Å²) >= 11 is 0. The van der Waals surface area contributed by atoms with Gasteiger partial charge in [0.15, 0.2) is 11.6 Å². The van der Waals surface area contributed by atoms with E-state index in [2.05, 4.69) is 5.32 Å². The van der Waals surface area contributed by atoms with Crippen LogP contribution in [0.2, 0.25) is 0 Å². The van der Waals surface area contributed by atoms with Crippen molar-refractivity contribution in [2.75, 3.05) is 7.11 Å². The molecule has 2 N–H and O–H groups in total. The van der Waals surface area contributed by atoms with Crippen LogP contribution >= 0.6 is 0 Å². The summed E-state index contributed by atoms with van der Waals surface area (Å²) in [5.74, 6) is -1.14. The number of carbonyl (C=O) groups excluding carboxylic acids is 2. The number of hydrogen-bond acceptors (Lipinski definition) is 6. The molecule has 0 unspecified atom stereocenters. The highest BCUT2D eigenvalue weighted by atomic mass is 16.8. The topological polar surface area (TPSA) is 94.1 Å². The van der Waals surface area contributed by atoms with Gasteiger partial charge >= 0.3 is 0 Å². The maximum atomic E-state index is 12.8. The standard InChI is InChI=1S/C22H27NO6/c1-13-7-5-9-16(24)20-18(28-22(2,3)29-20)10-6-8-14-11-15(27-4)12-17(25)19(14)21(26)23-13/h5-6,8-9,11-13,18,20,25H,7,10H2,1-4H3,(H,23,26)/b8-6+,9-5-/t13-,18-,20+/m0/s1. The number of ether oxygens (including phenoxy) is 3. The molecule has 29 heavy (non-hydrogen) atoms. The molecule has 0 spiro atoms. The maximum Gasteiger partial charge on any atom is 0.255 e. The van der Waals surface area contributed by atoms with Crippen LogP contribution in [-0.4, -0.2) is 47.9 Å². The van der Waals surface area contributed by atoms with Crippen molar-refractivity contribution in [2.45, 2.75) is 57.6 Å². The van der Waals surface area contributed by atoms with E-state index in [-0.39, 0.29) is 23.1 Å². The molecule has 0 bridgehead atoms. The van der Waals surface area contributed by atoms with E-state index < -0.39 is 23.9 Å². The number of benzene rings is 1. The van der Waals surface area contributed by atoms with Gasteiger partial charge in [0, 0.05) is 12.1 Å². The summed E-state index contributed by atoms with van der Waals surface area (Å²) in [6.45, 7) is 5.38. The minimum Gasteiger partial charge on any atom is -0.507 e. The lowest BCUT2D eigenvalue weighted by Crippen LogP contribution is -2.33. The third-order valence-electron chi connectivity index (χ3n) is 4.86. The summed E-state index contributed by atoms with van der Waals surface area (Å²) in [4.78, 5) is 25.4. The van der Waals surface area contributed by atoms with E-state index in [4.69, 9.17) is 14.2 Å². The first kappa shape index (κ1) is 21.1. The van der Waals surface area contributed by atoms with Crippen LogP contribution in [0.25, 0.3) is 6.08 Å². The molecule has 2 aliphatic heterocycles. The minimum absolute atomic E-state index is 0.161. The fourth-order valence-corrected chi connectivity index (χ4v) is 3.53. The van der Waals surface area contributed by atoms with Gasteiger partial charge in [-0.3, -0.25) is 9.59 Å². The summed E-state index contributed by atoms with van der Waals surface area (Å²) in [6.07, 6.45) is 6.45. The predicted molar refractivity (Wildman–Crippen MR) is 108 cm³/mol. The monoisotopic (exact) mass is 401 g/mol. The Morgan fingerprint density at radius 1 is 1.14 bits per heavy atom. The Kier molecular flexibility index (Phi) is 6.10. The Balaban J connectivity index is 2.00. The average molecular weight is 401 g/mol. The molecule has 7 nitrogen and oxygen atoms in total. The molecule has 0 aliphatic carbocycles. The summed E-state index contributed by atoms with van der Waals surface area (Å²) in [5.41, 5.74) is 0.687. The van der Waals surface area contributed by atoms with E-state index in [1.165, 1.54) is 19.3 Å². The molecule has 1 aromatic carbocycles. The van der Waals surface area contributed by atoms with Crippen molar-refractivity contribution in [3.63, 3.8) is 0 Å². The molecule has 1 aromatic rings. The van der Waals surface area contributed by atoms with Crippen molar-refractivity contribution >= 4 is 17.8 Å². The maximum absolute atomic E-state index is 12.8. The summed E-state index contributed by atoms with van der Waals surface area (Å²) < 4.78 is 16.9. The van der Waals surface area contributed by atoms with Crippen molar-refractivity contribution in [1.29, 1.82) is 0 Å². The number of aromatic hydroxyl groups is 1. The SMILES string of the molecule is COc1cc(O)c2c(c1)/C=C/C[C@@H]1OC(C)(C)O[C@@H]1C(=O)/C=C\C[C@H](C)NC2=O. The highest BCUT2D eigenvalue weighted by Gasteiger charge is 2.43. The smallest absolute Gasteiger partial charge is 0.255 e. The number of phenolic OH excluding ortho intramolecular Hbond substituents is 1. The van der Waals surface area contributed by atoms with Gasteiger partial charge in [0.1, 0.15) is 17.6 Å². The number of fused-ring (bicyclic) bond motifs is 2. The number of nitrogens with one attached hydrogen (secondary N) is 1. The largest absolute Gasteiger partial charge is 0.507 e. The summed E-state index contributed by atoms with van der Waals surface area (Å²) in [5, 5.41) is 13.3. The Hall–Kier alpha value is -2.64. The van der Waals surface area contributed by atoms with Crippen molar-refractivity contribution in [2.24, 2.45) is 0 Å². The van der Waals surface area contributed by atoms with Gasteiger partial charge in [0.25, 0.3) is 5.91 Å². The molecule has 0 aromatic heterocycles. The van der Waals surface area contributed by atoms with E-state index >= 15 is 0 Å².